The highest BCUT2D eigenvalue weighted by Crippen LogP contribution is 2.36. The van der Waals surface area contributed by atoms with E-state index in [-0.39, 0.29) is 18.3 Å². The molecule has 0 unspecified atom stereocenters. The lowest BCUT2D eigenvalue weighted by Crippen LogP contribution is -2.41. The lowest BCUT2D eigenvalue weighted by Gasteiger charge is -2.32. The van der Waals surface area contributed by atoms with Gasteiger partial charge in [-0.05, 0) is 58.2 Å². The van der Waals surface area contributed by atoms with Crippen LogP contribution in [0.15, 0.2) is 30.6 Å². The summed E-state index contributed by atoms with van der Waals surface area (Å²) in [7, 11) is -0.355. The molecule has 122 valence electrons. The third-order valence-electron chi connectivity index (χ3n) is 5.14. The minimum absolute atomic E-state index is 0.327. The van der Waals surface area contributed by atoms with Crippen LogP contribution in [-0.2, 0) is 15.9 Å². The van der Waals surface area contributed by atoms with Crippen LogP contribution in [0.2, 0.25) is 0 Å². The minimum atomic E-state index is -0.355. The average Bonchev–Trinajstić information content (AvgIpc) is 2.97. The van der Waals surface area contributed by atoms with E-state index in [0.717, 1.165) is 12.0 Å². The number of aromatic nitrogens is 2. The van der Waals surface area contributed by atoms with Gasteiger partial charge < -0.3 is 9.31 Å². The molecule has 23 heavy (non-hydrogen) atoms. The summed E-state index contributed by atoms with van der Waals surface area (Å²) < 4.78 is 14.1. The van der Waals surface area contributed by atoms with Gasteiger partial charge in [-0.2, -0.15) is 5.10 Å². The Morgan fingerprint density at radius 1 is 1.04 bits per heavy atom. The fourth-order valence-electron chi connectivity index (χ4n) is 2.83. The van der Waals surface area contributed by atoms with Crippen LogP contribution in [0.3, 0.4) is 0 Å². The van der Waals surface area contributed by atoms with Crippen molar-refractivity contribution in [1.29, 1.82) is 0 Å². The van der Waals surface area contributed by atoms with Gasteiger partial charge >= 0.3 is 7.12 Å². The maximum absolute atomic E-state index is 6.09. The van der Waals surface area contributed by atoms with Gasteiger partial charge in [0.2, 0.25) is 0 Å². The quantitative estimate of drug-likeness (QED) is 0.818. The number of aryl methyl sites for hydroxylation is 2. The van der Waals surface area contributed by atoms with Crippen LogP contribution in [0.1, 0.15) is 44.4 Å². The molecule has 0 atom stereocenters. The van der Waals surface area contributed by atoms with Crippen LogP contribution < -0.4 is 5.46 Å². The Morgan fingerprint density at radius 3 is 2.17 bits per heavy atom. The normalized spacial score (nSPS) is 19.3. The van der Waals surface area contributed by atoms with Crippen molar-refractivity contribution >= 4 is 12.6 Å². The Bertz CT molecular complexity index is 685. The first-order valence-corrected chi connectivity index (χ1v) is 8.13. The summed E-state index contributed by atoms with van der Waals surface area (Å²) >= 11 is 0. The van der Waals surface area contributed by atoms with E-state index >= 15 is 0 Å². The van der Waals surface area contributed by atoms with Gasteiger partial charge in [0.05, 0.1) is 17.7 Å². The molecule has 5 heteroatoms. The molecule has 0 radical (unpaired) electrons. The van der Waals surface area contributed by atoms with Crippen molar-refractivity contribution in [2.24, 2.45) is 0 Å². The molecule has 2 aromatic rings. The fourth-order valence-corrected chi connectivity index (χ4v) is 2.83. The molecule has 2 heterocycles. The van der Waals surface area contributed by atoms with Crippen LogP contribution in [0.4, 0.5) is 0 Å². The number of nitrogens with zero attached hydrogens (tertiary/aromatic N) is 2. The summed E-state index contributed by atoms with van der Waals surface area (Å²) in [6.45, 7) is 13.3. The van der Waals surface area contributed by atoms with Crippen molar-refractivity contribution in [2.45, 2.75) is 59.3 Å². The maximum Gasteiger partial charge on any atom is 0.498 e. The van der Waals surface area contributed by atoms with Gasteiger partial charge in [-0.15, -0.1) is 0 Å². The van der Waals surface area contributed by atoms with Gasteiger partial charge in [-0.25, -0.2) is 0 Å². The molecule has 1 aromatic heterocycles. The SMILES string of the molecule is Cc1cccc(C)c1Cn1cc(B2OC(C)(C)C(C)(C)O2)cn1. The van der Waals surface area contributed by atoms with E-state index in [4.69, 9.17) is 9.31 Å². The largest absolute Gasteiger partial charge is 0.498 e. The van der Waals surface area contributed by atoms with Crippen molar-refractivity contribution in [3.63, 3.8) is 0 Å². The molecular formula is C18H25BN2O2. The molecule has 1 aliphatic rings. The second-order valence-corrected chi connectivity index (χ2v) is 7.43. The van der Waals surface area contributed by atoms with E-state index in [9.17, 15) is 0 Å². The smallest absolute Gasteiger partial charge is 0.399 e. The molecular weight excluding hydrogens is 287 g/mol. The zero-order valence-electron chi connectivity index (χ0n) is 14.9. The fraction of sp³-hybridized carbons (Fsp3) is 0.500. The summed E-state index contributed by atoms with van der Waals surface area (Å²) in [5.41, 5.74) is 4.21. The standard InChI is InChI=1S/C18H25BN2O2/c1-13-8-7-9-14(2)16(13)12-21-11-15(10-20-21)19-22-17(3,4)18(5,6)23-19/h7-11H,12H2,1-6H3. The van der Waals surface area contributed by atoms with Crippen LogP contribution in [-0.4, -0.2) is 28.1 Å². The Balaban J connectivity index is 1.80. The molecule has 0 bridgehead atoms. The molecule has 4 nitrogen and oxygen atoms in total. The first-order valence-electron chi connectivity index (χ1n) is 8.13. The Kier molecular flexibility index (Phi) is 3.89. The number of benzene rings is 1. The molecule has 3 rings (SSSR count). The third-order valence-corrected chi connectivity index (χ3v) is 5.14. The molecule has 0 amide bonds. The maximum atomic E-state index is 6.09. The van der Waals surface area contributed by atoms with Crippen molar-refractivity contribution < 1.29 is 9.31 Å². The summed E-state index contributed by atoms with van der Waals surface area (Å²) in [6.07, 6.45) is 3.86. The topological polar surface area (TPSA) is 36.3 Å². The van der Waals surface area contributed by atoms with Crippen molar-refractivity contribution in [2.75, 3.05) is 0 Å². The predicted molar refractivity (Wildman–Crippen MR) is 93.0 cm³/mol. The summed E-state index contributed by atoms with van der Waals surface area (Å²) in [6, 6.07) is 6.37. The first kappa shape index (κ1) is 16.3. The Labute approximate surface area is 138 Å². The van der Waals surface area contributed by atoms with E-state index in [0.29, 0.717) is 0 Å². The summed E-state index contributed by atoms with van der Waals surface area (Å²) in [4.78, 5) is 0. The van der Waals surface area contributed by atoms with Gasteiger partial charge in [0.25, 0.3) is 0 Å². The van der Waals surface area contributed by atoms with Crippen LogP contribution in [0, 0.1) is 13.8 Å². The lowest BCUT2D eigenvalue weighted by molar-refractivity contribution is 0.00578. The molecule has 1 saturated heterocycles. The predicted octanol–water partition coefficient (Wildman–Crippen LogP) is 2.85. The average molecular weight is 312 g/mol. The van der Waals surface area contributed by atoms with Gasteiger partial charge in [0.1, 0.15) is 0 Å². The summed E-state index contributed by atoms with van der Waals surface area (Å²) in [5.74, 6) is 0. The van der Waals surface area contributed by atoms with Crippen molar-refractivity contribution in [1.82, 2.24) is 9.78 Å². The van der Waals surface area contributed by atoms with E-state index in [2.05, 4.69) is 64.8 Å². The van der Waals surface area contributed by atoms with Gasteiger partial charge in [0, 0.05) is 17.9 Å². The van der Waals surface area contributed by atoms with Crippen LogP contribution in [0.5, 0.6) is 0 Å². The van der Waals surface area contributed by atoms with Crippen molar-refractivity contribution in [3.8, 4) is 0 Å². The zero-order valence-corrected chi connectivity index (χ0v) is 14.9. The van der Waals surface area contributed by atoms with Gasteiger partial charge in [0.15, 0.2) is 0 Å². The highest BCUT2D eigenvalue weighted by Gasteiger charge is 2.52. The molecule has 1 aromatic carbocycles. The van der Waals surface area contributed by atoms with Crippen LogP contribution in [0.25, 0.3) is 0 Å². The van der Waals surface area contributed by atoms with Crippen molar-refractivity contribution in [3.05, 3.63) is 47.3 Å². The lowest BCUT2D eigenvalue weighted by atomic mass is 9.82. The molecule has 0 spiro atoms. The summed E-state index contributed by atoms with van der Waals surface area (Å²) in [5, 5.41) is 4.49. The van der Waals surface area contributed by atoms with Gasteiger partial charge in [-0.3, -0.25) is 4.68 Å². The third kappa shape index (κ3) is 2.95. The monoisotopic (exact) mass is 312 g/mol. The first-order chi connectivity index (χ1) is 10.7. The van der Waals surface area contributed by atoms with E-state index in [1.807, 2.05) is 17.1 Å². The Morgan fingerprint density at radius 2 is 1.61 bits per heavy atom. The molecule has 0 saturated carbocycles. The molecule has 1 aliphatic heterocycles. The van der Waals surface area contributed by atoms with E-state index < -0.39 is 0 Å². The highest BCUT2D eigenvalue weighted by molar-refractivity contribution is 6.61. The molecule has 0 N–H and O–H groups in total. The number of rotatable bonds is 3. The van der Waals surface area contributed by atoms with Gasteiger partial charge in [-0.1, -0.05) is 18.2 Å². The second-order valence-electron chi connectivity index (χ2n) is 7.43. The second kappa shape index (κ2) is 5.50. The Hall–Kier alpha value is -1.59. The zero-order chi connectivity index (χ0) is 16.8. The minimum Gasteiger partial charge on any atom is -0.399 e. The van der Waals surface area contributed by atoms with E-state index in [1.54, 1.807) is 0 Å². The molecule has 1 fully saturated rings. The van der Waals surface area contributed by atoms with Crippen LogP contribution >= 0.6 is 0 Å². The van der Waals surface area contributed by atoms with E-state index in [1.165, 1.54) is 16.7 Å². The highest BCUT2D eigenvalue weighted by atomic mass is 16.7. The molecule has 0 aliphatic carbocycles. The number of hydrogen-bond acceptors (Lipinski definition) is 3. The number of hydrogen-bond donors (Lipinski definition) is 0.